The van der Waals surface area contributed by atoms with E-state index in [1.54, 1.807) is 18.2 Å². The molecule has 0 bridgehead atoms. The van der Waals surface area contributed by atoms with Crippen molar-refractivity contribution in [2.75, 3.05) is 7.11 Å². The third kappa shape index (κ3) is 4.25. The monoisotopic (exact) mass is 251 g/mol. The molecule has 0 N–H and O–H groups in total. The van der Waals surface area contributed by atoms with Crippen LogP contribution in [0.4, 0.5) is 0 Å². The van der Waals surface area contributed by atoms with Crippen molar-refractivity contribution in [2.24, 2.45) is 5.16 Å². The zero-order valence-corrected chi connectivity index (χ0v) is 10.3. The lowest BCUT2D eigenvalue weighted by Gasteiger charge is -2.07. The topological polar surface area (TPSA) is 74.2 Å². The molecule has 0 unspecified atom stereocenters. The second-order valence-corrected chi connectivity index (χ2v) is 3.32. The molecular formula is C12H13NO5. The van der Waals surface area contributed by atoms with E-state index in [-0.39, 0.29) is 0 Å². The predicted octanol–water partition coefficient (Wildman–Crippen LogP) is 1.52. The van der Waals surface area contributed by atoms with Crippen LogP contribution in [0.1, 0.15) is 19.4 Å². The summed E-state index contributed by atoms with van der Waals surface area (Å²) in [6.45, 7) is 2.55. The van der Waals surface area contributed by atoms with Gasteiger partial charge in [0.05, 0.1) is 13.3 Å². The van der Waals surface area contributed by atoms with E-state index in [9.17, 15) is 9.59 Å². The van der Waals surface area contributed by atoms with Crippen LogP contribution in [0.15, 0.2) is 23.4 Å². The predicted molar refractivity (Wildman–Crippen MR) is 63.7 cm³/mol. The van der Waals surface area contributed by atoms with Gasteiger partial charge in [-0.25, -0.2) is 4.79 Å². The maximum Gasteiger partial charge on any atom is 0.331 e. The molecule has 18 heavy (non-hydrogen) atoms. The van der Waals surface area contributed by atoms with Crippen molar-refractivity contribution in [1.82, 2.24) is 0 Å². The minimum Gasteiger partial charge on any atom is -0.493 e. The number of ether oxygens (including phenoxy) is 2. The van der Waals surface area contributed by atoms with Gasteiger partial charge in [0.2, 0.25) is 0 Å². The number of benzene rings is 1. The molecule has 0 atom stereocenters. The van der Waals surface area contributed by atoms with Gasteiger partial charge in [-0.3, -0.25) is 4.79 Å². The molecule has 1 aromatic carbocycles. The number of nitrogens with zero attached hydrogens (tertiary/aromatic N) is 1. The molecule has 0 amide bonds. The first-order valence-corrected chi connectivity index (χ1v) is 5.10. The maximum atomic E-state index is 10.9. The van der Waals surface area contributed by atoms with Gasteiger partial charge in [0.25, 0.3) is 0 Å². The SMILES string of the molecule is COc1cc(/C=N/OC(C)=O)ccc1OC(C)=O. The van der Waals surface area contributed by atoms with Crippen molar-refractivity contribution in [3.63, 3.8) is 0 Å². The summed E-state index contributed by atoms with van der Waals surface area (Å²) in [6, 6.07) is 4.81. The molecule has 0 saturated carbocycles. The van der Waals surface area contributed by atoms with Crippen LogP contribution in [0.2, 0.25) is 0 Å². The Labute approximate surface area is 104 Å². The Kier molecular flexibility index (Phi) is 4.86. The first kappa shape index (κ1) is 13.7. The van der Waals surface area contributed by atoms with Gasteiger partial charge in [0.1, 0.15) is 0 Å². The number of oxime groups is 1. The highest BCUT2D eigenvalue weighted by molar-refractivity contribution is 5.81. The zero-order valence-electron chi connectivity index (χ0n) is 10.3. The van der Waals surface area contributed by atoms with Gasteiger partial charge in [-0.1, -0.05) is 5.16 Å². The Balaban J connectivity index is 2.87. The summed E-state index contributed by atoms with van der Waals surface area (Å²) in [7, 11) is 1.45. The standard InChI is InChI=1S/C12H13NO5/c1-8(14)17-11-5-4-10(6-12(11)16-3)7-13-18-9(2)15/h4-7H,1-3H3/b13-7+. The average Bonchev–Trinajstić information content (AvgIpc) is 2.29. The summed E-state index contributed by atoms with van der Waals surface area (Å²) in [6.07, 6.45) is 1.35. The van der Waals surface area contributed by atoms with Gasteiger partial charge in [-0.2, -0.15) is 0 Å². The molecule has 0 fully saturated rings. The van der Waals surface area contributed by atoms with E-state index < -0.39 is 11.9 Å². The average molecular weight is 251 g/mol. The molecule has 96 valence electrons. The van der Waals surface area contributed by atoms with E-state index in [0.717, 1.165) is 0 Å². The zero-order chi connectivity index (χ0) is 13.5. The molecule has 0 radical (unpaired) electrons. The molecule has 6 heteroatoms. The molecule has 6 nitrogen and oxygen atoms in total. The van der Waals surface area contributed by atoms with Crippen LogP contribution in [0, 0.1) is 0 Å². The Morgan fingerprint density at radius 1 is 1.17 bits per heavy atom. The van der Waals surface area contributed by atoms with E-state index >= 15 is 0 Å². The van der Waals surface area contributed by atoms with E-state index in [4.69, 9.17) is 9.47 Å². The minimum absolute atomic E-state index is 0.314. The molecule has 1 rings (SSSR count). The van der Waals surface area contributed by atoms with Crippen molar-refractivity contribution >= 4 is 18.2 Å². The summed E-state index contributed by atoms with van der Waals surface area (Å²) in [4.78, 5) is 25.8. The van der Waals surface area contributed by atoms with Gasteiger partial charge in [0, 0.05) is 19.4 Å². The van der Waals surface area contributed by atoms with E-state index in [2.05, 4.69) is 9.99 Å². The Morgan fingerprint density at radius 2 is 1.89 bits per heavy atom. The largest absolute Gasteiger partial charge is 0.493 e. The summed E-state index contributed by atoms with van der Waals surface area (Å²) in [5.41, 5.74) is 0.643. The second kappa shape index (κ2) is 6.39. The summed E-state index contributed by atoms with van der Waals surface area (Å²) < 4.78 is 10.0. The fourth-order valence-electron chi connectivity index (χ4n) is 1.17. The molecular weight excluding hydrogens is 238 g/mol. The number of hydrogen-bond acceptors (Lipinski definition) is 6. The highest BCUT2D eigenvalue weighted by Crippen LogP contribution is 2.27. The van der Waals surface area contributed by atoms with Crippen LogP contribution < -0.4 is 9.47 Å². The second-order valence-electron chi connectivity index (χ2n) is 3.32. The smallest absolute Gasteiger partial charge is 0.331 e. The van der Waals surface area contributed by atoms with E-state index in [1.807, 2.05) is 0 Å². The lowest BCUT2D eigenvalue weighted by atomic mass is 10.2. The lowest BCUT2D eigenvalue weighted by Crippen LogP contribution is -2.03. The normalized spacial score (nSPS) is 10.2. The van der Waals surface area contributed by atoms with E-state index in [1.165, 1.54) is 27.2 Å². The fourth-order valence-corrected chi connectivity index (χ4v) is 1.17. The quantitative estimate of drug-likeness (QED) is 0.266. The third-order valence-electron chi connectivity index (χ3n) is 1.82. The molecule has 0 aromatic heterocycles. The third-order valence-corrected chi connectivity index (χ3v) is 1.82. The van der Waals surface area contributed by atoms with Crippen LogP contribution in [-0.2, 0) is 14.4 Å². The number of carbonyl (C=O) groups excluding carboxylic acids is 2. The number of rotatable bonds is 4. The highest BCUT2D eigenvalue weighted by Gasteiger charge is 2.07. The number of esters is 1. The number of carbonyl (C=O) groups is 2. The first-order chi connectivity index (χ1) is 8.52. The molecule has 0 aliphatic rings. The number of methoxy groups -OCH3 is 1. The first-order valence-electron chi connectivity index (χ1n) is 5.10. The molecule has 1 aromatic rings. The van der Waals surface area contributed by atoms with Gasteiger partial charge >= 0.3 is 11.9 Å². The Bertz CT molecular complexity index is 481. The number of hydrogen-bond donors (Lipinski definition) is 0. The molecule has 0 aliphatic carbocycles. The minimum atomic E-state index is -0.505. The summed E-state index contributed by atoms with van der Waals surface area (Å²) in [5, 5.41) is 3.47. The Hall–Kier alpha value is -2.37. The highest BCUT2D eigenvalue weighted by atomic mass is 16.7. The van der Waals surface area contributed by atoms with Crippen LogP contribution >= 0.6 is 0 Å². The molecule has 0 saturated heterocycles. The van der Waals surface area contributed by atoms with Crippen molar-refractivity contribution in [2.45, 2.75) is 13.8 Å². The summed E-state index contributed by atoms with van der Waals surface area (Å²) >= 11 is 0. The molecule has 0 spiro atoms. The van der Waals surface area contributed by atoms with Crippen molar-refractivity contribution < 1.29 is 23.9 Å². The van der Waals surface area contributed by atoms with Crippen LogP contribution in [0.25, 0.3) is 0 Å². The van der Waals surface area contributed by atoms with Crippen LogP contribution in [-0.4, -0.2) is 25.3 Å². The van der Waals surface area contributed by atoms with Crippen LogP contribution in [0.3, 0.4) is 0 Å². The van der Waals surface area contributed by atoms with Crippen molar-refractivity contribution in [3.05, 3.63) is 23.8 Å². The van der Waals surface area contributed by atoms with Gasteiger partial charge in [-0.15, -0.1) is 0 Å². The molecule has 0 heterocycles. The van der Waals surface area contributed by atoms with Crippen LogP contribution in [0.5, 0.6) is 11.5 Å². The molecule has 0 aliphatic heterocycles. The fraction of sp³-hybridized carbons (Fsp3) is 0.250. The van der Waals surface area contributed by atoms with Crippen molar-refractivity contribution in [1.29, 1.82) is 0 Å². The van der Waals surface area contributed by atoms with Crippen molar-refractivity contribution in [3.8, 4) is 11.5 Å². The van der Waals surface area contributed by atoms with Gasteiger partial charge in [-0.05, 0) is 18.2 Å². The maximum absolute atomic E-state index is 10.9. The summed E-state index contributed by atoms with van der Waals surface area (Å²) in [5.74, 6) is -0.240. The van der Waals surface area contributed by atoms with Gasteiger partial charge < -0.3 is 14.3 Å². The Morgan fingerprint density at radius 3 is 2.44 bits per heavy atom. The van der Waals surface area contributed by atoms with Gasteiger partial charge in [0.15, 0.2) is 11.5 Å². The lowest BCUT2D eigenvalue weighted by molar-refractivity contribution is -0.140. The van der Waals surface area contributed by atoms with E-state index in [0.29, 0.717) is 17.1 Å².